The number of hydrogen-bond acceptors (Lipinski definition) is 2. The summed E-state index contributed by atoms with van der Waals surface area (Å²) in [4.78, 5) is 4.75. The highest BCUT2D eigenvalue weighted by molar-refractivity contribution is 6.92. The van der Waals surface area contributed by atoms with Crippen LogP contribution in [0.2, 0.25) is 36.3 Å². The lowest BCUT2D eigenvalue weighted by atomic mass is 10.2. The van der Waals surface area contributed by atoms with E-state index in [-0.39, 0.29) is 0 Å². The first kappa shape index (κ1) is 24.1. The number of nitrogens with zero attached hydrogens (tertiary/aromatic N) is 2. The normalized spacial score (nSPS) is 13.3. The first-order chi connectivity index (χ1) is 13.1. The highest BCUT2D eigenvalue weighted by atomic mass is 28.4. The van der Waals surface area contributed by atoms with E-state index in [0.717, 1.165) is 6.54 Å². The number of rotatable bonds is 13. The molecule has 4 heteroatoms. The van der Waals surface area contributed by atoms with E-state index in [1.54, 1.807) is 0 Å². The molecule has 0 fully saturated rings. The van der Waals surface area contributed by atoms with Gasteiger partial charge in [0.2, 0.25) is 0 Å². The molecule has 0 saturated carbocycles. The van der Waals surface area contributed by atoms with Crippen molar-refractivity contribution < 1.29 is 0 Å². The first-order valence-corrected chi connectivity index (χ1v) is 16.2. The lowest BCUT2D eigenvalue weighted by molar-refractivity contribution is 0.583. The van der Waals surface area contributed by atoms with Crippen LogP contribution in [-0.2, 0) is 0 Å². The van der Waals surface area contributed by atoms with Crippen LogP contribution in [0.5, 0.6) is 0 Å². The SMILES string of the molecule is CC[Si](CC)(CC)N(CCN=CC=Cc1ccccc1)[Si](CC)(CC)CC. The monoisotopic (exact) mass is 402 g/mol. The Balaban J connectivity index is 2.88. The minimum atomic E-state index is -1.36. The van der Waals surface area contributed by atoms with Crippen LogP contribution in [0.1, 0.15) is 47.1 Å². The summed E-state index contributed by atoms with van der Waals surface area (Å²) >= 11 is 0. The van der Waals surface area contributed by atoms with Gasteiger partial charge in [0, 0.05) is 12.8 Å². The molecule has 0 radical (unpaired) electrons. The van der Waals surface area contributed by atoms with Gasteiger partial charge < -0.3 is 4.23 Å². The molecule has 0 aliphatic carbocycles. The molecule has 0 atom stereocenters. The standard InChI is InChI=1S/C23H42N2Si2/c1-7-26(8-2,9-3)25(27(10-4,11-5)12-6)22-21-24-20-16-19-23-17-14-13-15-18-23/h13-20H,7-12,21-22H2,1-6H3. The van der Waals surface area contributed by atoms with Gasteiger partial charge in [0.15, 0.2) is 0 Å². The molecule has 0 amide bonds. The van der Waals surface area contributed by atoms with Gasteiger partial charge in [-0.05, 0) is 47.9 Å². The van der Waals surface area contributed by atoms with Gasteiger partial charge >= 0.3 is 0 Å². The van der Waals surface area contributed by atoms with E-state index >= 15 is 0 Å². The summed E-state index contributed by atoms with van der Waals surface area (Å²) in [5.74, 6) is 0. The van der Waals surface area contributed by atoms with Crippen LogP contribution in [0.15, 0.2) is 41.4 Å². The Hall–Kier alpha value is -0.976. The second-order valence-electron chi connectivity index (χ2n) is 7.55. The third kappa shape index (κ3) is 6.26. The number of benzene rings is 1. The first-order valence-electron chi connectivity index (χ1n) is 11.1. The second-order valence-corrected chi connectivity index (χ2v) is 18.2. The Labute approximate surface area is 171 Å². The zero-order valence-corrected chi connectivity index (χ0v) is 20.7. The maximum absolute atomic E-state index is 4.75. The third-order valence-electron chi connectivity index (χ3n) is 6.83. The average Bonchev–Trinajstić information content (AvgIpc) is 2.73. The van der Waals surface area contributed by atoms with Gasteiger partial charge in [-0.1, -0.05) is 78.0 Å². The molecule has 0 aliphatic rings. The number of allylic oxidation sites excluding steroid dienone is 1. The molecule has 152 valence electrons. The number of aliphatic imine (C=N–C) groups is 1. The summed E-state index contributed by atoms with van der Waals surface area (Å²) in [6.45, 7) is 16.8. The largest absolute Gasteiger partial charge is 0.343 e. The van der Waals surface area contributed by atoms with Crippen LogP contribution in [-0.4, -0.2) is 40.0 Å². The lowest BCUT2D eigenvalue weighted by Crippen LogP contribution is -2.66. The van der Waals surface area contributed by atoms with E-state index in [1.165, 1.54) is 48.4 Å². The van der Waals surface area contributed by atoms with Crippen molar-refractivity contribution in [2.24, 2.45) is 4.99 Å². The van der Waals surface area contributed by atoms with Gasteiger partial charge in [-0.2, -0.15) is 0 Å². The highest BCUT2D eigenvalue weighted by Crippen LogP contribution is 2.35. The Kier molecular flexibility index (Phi) is 11.1. The summed E-state index contributed by atoms with van der Waals surface area (Å²) in [7, 11) is -2.73. The van der Waals surface area contributed by atoms with Gasteiger partial charge in [-0.25, -0.2) is 0 Å². The van der Waals surface area contributed by atoms with Crippen molar-refractivity contribution >= 4 is 28.8 Å². The summed E-state index contributed by atoms with van der Waals surface area (Å²) in [6.07, 6.45) is 6.20. The Morgan fingerprint density at radius 3 is 1.70 bits per heavy atom. The van der Waals surface area contributed by atoms with Crippen molar-refractivity contribution in [3.8, 4) is 0 Å². The van der Waals surface area contributed by atoms with Crippen LogP contribution in [0.25, 0.3) is 6.08 Å². The maximum atomic E-state index is 4.75. The fourth-order valence-electron chi connectivity index (χ4n) is 4.63. The molecular weight excluding hydrogens is 360 g/mol. The van der Waals surface area contributed by atoms with Gasteiger partial charge in [0.1, 0.15) is 16.5 Å². The molecule has 1 aromatic carbocycles. The Morgan fingerprint density at radius 2 is 1.26 bits per heavy atom. The van der Waals surface area contributed by atoms with Crippen molar-refractivity contribution in [3.05, 3.63) is 42.0 Å². The average molecular weight is 403 g/mol. The van der Waals surface area contributed by atoms with E-state index in [4.69, 9.17) is 4.99 Å². The van der Waals surface area contributed by atoms with Crippen molar-refractivity contribution in [3.63, 3.8) is 0 Å². The van der Waals surface area contributed by atoms with Gasteiger partial charge in [-0.3, -0.25) is 4.99 Å². The van der Waals surface area contributed by atoms with E-state index < -0.39 is 16.5 Å². The van der Waals surface area contributed by atoms with E-state index in [9.17, 15) is 0 Å². The van der Waals surface area contributed by atoms with Crippen LogP contribution in [0, 0.1) is 0 Å². The molecule has 0 bridgehead atoms. The predicted molar refractivity (Wildman–Crippen MR) is 130 cm³/mol. The molecule has 0 heterocycles. The maximum Gasteiger partial charge on any atom is 0.121 e. The summed E-state index contributed by atoms with van der Waals surface area (Å²) in [5.41, 5.74) is 1.23. The summed E-state index contributed by atoms with van der Waals surface area (Å²) in [5, 5.41) is 0. The van der Waals surface area contributed by atoms with Gasteiger partial charge in [0.05, 0.1) is 6.54 Å². The lowest BCUT2D eigenvalue weighted by Gasteiger charge is -2.52. The molecule has 1 aromatic rings. The smallest absolute Gasteiger partial charge is 0.121 e. The minimum absolute atomic E-state index is 0.933. The third-order valence-corrected chi connectivity index (χ3v) is 20.3. The van der Waals surface area contributed by atoms with E-state index in [0.29, 0.717) is 0 Å². The summed E-state index contributed by atoms with van der Waals surface area (Å²) < 4.78 is 3.11. The molecule has 0 saturated heterocycles. The van der Waals surface area contributed by atoms with Crippen LogP contribution in [0.3, 0.4) is 0 Å². The van der Waals surface area contributed by atoms with Crippen LogP contribution < -0.4 is 0 Å². The Bertz CT molecular complexity index is 524. The van der Waals surface area contributed by atoms with Crippen molar-refractivity contribution in [2.75, 3.05) is 13.1 Å². The topological polar surface area (TPSA) is 15.6 Å². The molecule has 1 rings (SSSR count). The quantitative estimate of drug-likeness (QED) is 0.254. The second kappa shape index (κ2) is 12.5. The summed E-state index contributed by atoms with van der Waals surface area (Å²) in [6, 6.07) is 18.7. The molecule has 0 aliphatic heterocycles. The zero-order valence-electron chi connectivity index (χ0n) is 18.7. The van der Waals surface area contributed by atoms with Gasteiger partial charge in [-0.15, -0.1) is 0 Å². The van der Waals surface area contributed by atoms with Crippen LogP contribution in [0.4, 0.5) is 0 Å². The number of hydrogen-bond donors (Lipinski definition) is 0. The van der Waals surface area contributed by atoms with Crippen LogP contribution >= 0.6 is 0 Å². The highest BCUT2D eigenvalue weighted by Gasteiger charge is 2.45. The van der Waals surface area contributed by atoms with Crippen molar-refractivity contribution in [2.45, 2.75) is 77.8 Å². The molecule has 0 unspecified atom stereocenters. The van der Waals surface area contributed by atoms with E-state index in [1.807, 2.05) is 6.21 Å². The Morgan fingerprint density at radius 1 is 0.778 bits per heavy atom. The predicted octanol–water partition coefficient (Wildman–Crippen LogP) is 7.08. The van der Waals surface area contributed by atoms with Crippen molar-refractivity contribution in [1.82, 2.24) is 4.23 Å². The molecule has 0 N–H and O–H groups in total. The molecule has 0 spiro atoms. The fraction of sp³-hybridized carbons (Fsp3) is 0.609. The molecule has 2 nitrogen and oxygen atoms in total. The van der Waals surface area contributed by atoms with Gasteiger partial charge in [0.25, 0.3) is 0 Å². The molecular formula is C23H42N2Si2. The molecule has 0 aromatic heterocycles. The minimum Gasteiger partial charge on any atom is -0.343 e. The van der Waals surface area contributed by atoms with Crippen molar-refractivity contribution in [1.29, 1.82) is 0 Å². The molecule has 27 heavy (non-hydrogen) atoms. The fourth-order valence-corrected chi connectivity index (χ4v) is 17.9. The zero-order chi connectivity index (χ0) is 20.2. The van der Waals surface area contributed by atoms with E-state index in [2.05, 4.69) is 88.3 Å².